The fourth-order valence-corrected chi connectivity index (χ4v) is 3.51. The van der Waals surface area contributed by atoms with E-state index in [-0.39, 0.29) is 0 Å². The summed E-state index contributed by atoms with van der Waals surface area (Å²) in [6, 6.07) is 6.69. The molecule has 0 saturated carbocycles. The Kier molecular flexibility index (Phi) is 7.73. The second kappa shape index (κ2) is 9.79. The largest absolute Gasteiger partial charge is 0.379 e. The van der Waals surface area contributed by atoms with Gasteiger partial charge in [-0.2, -0.15) is 0 Å². The van der Waals surface area contributed by atoms with Gasteiger partial charge in [-0.15, -0.1) is 0 Å². The predicted molar refractivity (Wildman–Crippen MR) is 108 cm³/mol. The third kappa shape index (κ3) is 6.02. The molecule has 138 valence electrons. The SMILES string of the molecule is CC/C=C(/COC)N1CCN(C/C(C)=C/c2ccc(C)cc2C)CC1. The van der Waals surface area contributed by atoms with Crippen molar-refractivity contribution < 1.29 is 4.74 Å². The number of methoxy groups -OCH3 is 1. The first-order chi connectivity index (χ1) is 12.0. The molecule has 0 atom stereocenters. The molecular formula is C22H34N2O. The highest BCUT2D eigenvalue weighted by atomic mass is 16.5. The van der Waals surface area contributed by atoms with Gasteiger partial charge in [-0.25, -0.2) is 0 Å². The van der Waals surface area contributed by atoms with Crippen LogP contribution in [-0.4, -0.2) is 56.2 Å². The molecule has 0 N–H and O–H groups in total. The fourth-order valence-electron chi connectivity index (χ4n) is 3.51. The molecule has 0 bridgehead atoms. The quantitative estimate of drug-likeness (QED) is 0.736. The lowest BCUT2D eigenvalue weighted by atomic mass is 10.0. The van der Waals surface area contributed by atoms with Crippen molar-refractivity contribution in [3.05, 3.63) is 52.2 Å². The Morgan fingerprint density at radius 3 is 2.48 bits per heavy atom. The van der Waals surface area contributed by atoms with Crippen LogP contribution in [0.25, 0.3) is 6.08 Å². The van der Waals surface area contributed by atoms with Crippen LogP contribution in [0.3, 0.4) is 0 Å². The van der Waals surface area contributed by atoms with E-state index in [4.69, 9.17) is 4.74 Å². The van der Waals surface area contributed by atoms with Crippen molar-refractivity contribution in [2.75, 3.05) is 46.4 Å². The fraction of sp³-hybridized carbons (Fsp3) is 0.545. The molecule has 0 unspecified atom stereocenters. The molecule has 1 fully saturated rings. The highest BCUT2D eigenvalue weighted by molar-refractivity contribution is 5.57. The lowest BCUT2D eigenvalue weighted by Crippen LogP contribution is -2.46. The number of hydrogen-bond donors (Lipinski definition) is 0. The van der Waals surface area contributed by atoms with Gasteiger partial charge in [0.2, 0.25) is 0 Å². The maximum atomic E-state index is 5.35. The van der Waals surface area contributed by atoms with E-state index in [0.717, 1.165) is 45.8 Å². The van der Waals surface area contributed by atoms with Crippen molar-refractivity contribution in [2.45, 2.75) is 34.1 Å². The third-order valence-corrected chi connectivity index (χ3v) is 4.81. The Morgan fingerprint density at radius 1 is 1.16 bits per heavy atom. The van der Waals surface area contributed by atoms with Crippen molar-refractivity contribution in [1.82, 2.24) is 9.80 Å². The second-order valence-corrected chi connectivity index (χ2v) is 7.15. The van der Waals surface area contributed by atoms with E-state index in [1.807, 2.05) is 0 Å². The van der Waals surface area contributed by atoms with Crippen LogP contribution in [0.4, 0.5) is 0 Å². The zero-order valence-electron chi connectivity index (χ0n) is 16.6. The summed E-state index contributed by atoms with van der Waals surface area (Å²) in [6.45, 7) is 15.0. The molecule has 1 saturated heterocycles. The van der Waals surface area contributed by atoms with Crippen molar-refractivity contribution in [1.29, 1.82) is 0 Å². The maximum absolute atomic E-state index is 5.35. The summed E-state index contributed by atoms with van der Waals surface area (Å²) in [5, 5.41) is 0. The number of benzene rings is 1. The molecule has 3 heteroatoms. The van der Waals surface area contributed by atoms with Gasteiger partial charge in [-0.1, -0.05) is 48.4 Å². The van der Waals surface area contributed by atoms with Crippen molar-refractivity contribution in [2.24, 2.45) is 0 Å². The topological polar surface area (TPSA) is 15.7 Å². The van der Waals surface area contributed by atoms with Crippen LogP contribution in [-0.2, 0) is 4.74 Å². The van der Waals surface area contributed by atoms with E-state index in [0.29, 0.717) is 0 Å². The number of nitrogens with zero attached hydrogens (tertiary/aromatic N) is 2. The molecule has 0 aromatic heterocycles. The van der Waals surface area contributed by atoms with Crippen molar-refractivity contribution in [3.63, 3.8) is 0 Å². The van der Waals surface area contributed by atoms with Crippen LogP contribution in [0.15, 0.2) is 35.5 Å². The average Bonchev–Trinajstić information content (AvgIpc) is 2.58. The standard InChI is InChI=1S/C22H34N2O/c1-6-7-22(17-25-5)24-12-10-23(11-13-24)16-19(3)15-21-9-8-18(2)14-20(21)4/h7-9,14-15H,6,10-13,16-17H2,1-5H3/b19-15+,22-7-. The summed E-state index contributed by atoms with van der Waals surface area (Å²) in [4.78, 5) is 5.04. The highest BCUT2D eigenvalue weighted by Crippen LogP contribution is 2.16. The van der Waals surface area contributed by atoms with Crippen molar-refractivity contribution in [3.8, 4) is 0 Å². The summed E-state index contributed by atoms with van der Waals surface area (Å²) < 4.78 is 5.35. The van der Waals surface area contributed by atoms with Crippen LogP contribution in [0.1, 0.15) is 37.0 Å². The molecule has 1 aliphatic heterocycles. The van der Waals surface area contributed by atoms with E-state index >= 15 is 0 Å². The van der Waals surface area contributed by atoms with Gasteiger partial charge in [0.05, 0.1) is 6.61 Å². The molecule has 2 rings (SSSR count). The number of aryl methyl sites for hydroxylation is 2. The van der Waals surface area contributed by atoms with Gasteiger partial charge >= 0.3 is 0 Å². The first kappa shape index (κ1) is 19.7. The minimum absolute atomic E-state index is 0.722. The normalized spacial score (nSPS) is 17.2. The van der Waals surface area contributed by atoms with Crippen LogP contribution in [0.2, 0.25) is 0 Å². The number of rotatable bonds is 7. The van der Waals surface area contributed by atoms with Crippen LogP contribution in [0.5, 0.6) is 0 Å². The molecule has 1 heterocycles. The molecule has 1 aromatic rings. The lowest BCUT2D eigenvalue weighted by Gasteiger charge is -2.37. The smallest absolute Gasteiger partial charge is 0.0857 e. The average molecular weight is 343 g/mol. The third-order valence-electron chi connectivity index (χ3n) is 4.81. The Morgan fingerprint density at radius 2 is 1.88 bits per heavy atom. The lowest BCUT2D eigenvalue weighted by molar-refractivity contribution is 0.136. The van der Waals surface area contributed by atoms with Gasteiger partial charge in [-0.05, 0) is 38.3 Å². The molecule has 25 heavy (non-hydrogen) atoms. The predicted octanol–water partition coefficient (Wildman–Crippen LogP) is 4.26. The summed E-state index contributed by atoms with van der Waals surface area (Å²) in [6.07, 6.45) is 5.70. The Labute approximate surface area is 154 Å². The highest BCUT2D eigenvalue weighted by Gasteiger charge is 2.18. The van der Waals surface area contributed by atoms with Gasteiger partial charge in [0.25, 0.3) is 0 Å². The van der Waals surface area contributed by atoms with E-state index < -0.39 is 0 Å². The summed E-state index contributed by atoms with van der Waals surface area (Å²) >= 11 is 0. The second-order valence-electron chi connectivity index (χ2n) is 7.15. The monoisotopic (exact) mass is 342 g/mol. The van der Waals surface area contributed by atoms with Gasteiger partial charge in [0, 0.05) is 45.5 Å². The number of ether oxygens (including phenoxy) is 1. The maximum Gasteiger partial charge on any atom is 0.0857 e. The van der Waals surface area contributed by atoms with Gasteiger partial charge in [-0.3, -0.25) is 4.90 Å². The Bertz CT molecular complexity index is 610. The molecule has 0 amide bonds. The number of piperazine rings is 1. The van der Waals surface area contributed by atoms with Crippen LogP contribution >= 0.6 is 0 Å². The minimum atomic E-state index is 0.722. The molecule has 1 aliphatic rings. The molecular weight excluding hydrogens is 308 g/mol. The summed E-state index contributed by atoms with van der Waals surface area (Å²) in [5.74, 6) is 0. The molecule has 0 spiro atoms. The zero-order valence-corrected chi connectivity index (χ0v) is 16.6. The van der Waals surface area contributed by atoms with Gasteiger partial charge in [0.15, 0.2) is 0 Å². The first-order valence-corrected chi connectivity index (χ1v) is 9.43. The number of allylic oxidation sites excluding steroid dienone is 1. The number of hydrogen-bond acceptors (Lipinski definition) is 3. The van der Waals surface area contributed by atoms with Gasteiger partial charge in [0.1, 0.15) is 0 Å². The Balaban J connectivity index is 1.90. The van der Waals surface area contributed by atoms with Crippen molar-refractivity contribution >= 4 is 6.08 Å². The molecule has 0 radical (unpaired) electrons. The Hall–Kier alpha value is -1.58. The van der Waals surface area contributed by atoms with E-state index in [1.165, 1.54) is 28.0 Å². The van der Waals surface area contributed by atoms with Gasteiger partial charge < -0.3 is 9.64 Å². The zero-order chi connectivity index (χ0) is 18.2. The van der Waals surface area contributed by atoms with Crippen LogP contribution in [0, 0.1) is 13.8 Å². The van der Waals surface area contributed by atoms with E-state index in [9.17, 15) is 0 Å². The molecule has 1 aromatic carbocycles. The molecule has 3 nitrogen and oxygen atoms in total. The summed E-state index contributed by atoms with van der Waals surface area (Å²) in [7, 11) is 1.78. The van der Waals surface area contributed by atoms with Crippen LogP contribution < -0.4 is 0 Å². The van der Waals surface area contributed by atoms with E-state index in [1.54, 1.807) is 7.11 Å². The first-order valence-electron chi connectivity index (χ1n) is 9.43. The minimum Gasteiger partial charge on any atom is -0.379 e. The molecule has 0 aliphatic carbocycles. The van der Waals surface area contributed by atoms with E-state index in [2.05, 4.69) is 67.8 Å². The summed E-state index contributed by atoms with van der Waals surface area (Å²) in [5.41, 5.74) is 6.80.